The van der Waals surface area contributed by atoms with E-state index in [9.17, 15) is 0 Å². The van der Waals surface area contributed by atoms with Crippen molar-refractivity contribution in [2.45, 2.75) is 52.4 Å². The molecule has 0 bridgehead atoms. The minimum atomic E-state index is -0.0432. The second-order valence-corrected chi connectivity index (χ2v) is 20.9. The fourth-order valence-corrected chi connectivity index (χ4v) is 11.9. The van der Waals surface area contributed by atoms with Crippen LogP contribution in [-0.4, -0.2) is 4.57 Å². The average molecular weight is 858 g/mol. The van der Waals surface area contributed by atoms with E-state index in [0.717, 1.165) is 0 Å². The van der Waals surface area contributed by atoms with Crippen molar-refractivity contribution in [1.82, 2.24) is 4.57 Å². The number of hydrogen-bond acceptors (Lipinski definition) is 0. The van der Waals surface area contributed by atoms with Gasteiger partial charge in [-0.15, -0.1) is 0 Å². The highest BCUT2D eigenvalue weighted by Gasteiger charge is 2.28. The predicted molar refractivity (Wildman–Crippen MR) is 291 cm³/mol. The van der Waals surface area contributed by atoms with Crippen molar-refractivity contribution in [3.8, 4) is 39.2 Å². The predicted octanol–water partition coefficient (Wildman–Crippen LogP) is 18.7. The highest BCUT2D eigenvalue weighted by atomic mass is 15.0. The molecule has 0 radical (unpaired) electrons. The van der Waals surface area contributed by atoms with Crippen molar-refractivity contribution in [1.29, 1.82) is 0 Å². The van der Waals surface area contributed by atoms with E-state index in [-0.39, 0.29) is 10.8 Å². The highest BCUT2D eigenvalue weighted by Crippen LogP contribution is 2.49. The summed E-state index contributed by atoms with van der Waals surface area (Å²) in [6, 6.07) is 75.6. The van der Waals surface area contributed by atoms with Crippen molar-refractivity contribution in [3.63, 3.8) is 0 Å². The summed E-state index contributed by atoms with van der Waals surface area (Å²) in [5.41, 5.74) is 12.5. The van der Waals surface area contributed by atoms with Crippen LogP contribution in [0.1, 0.15) is 52.7 Å². The van der Waals surface area contributed by atoms with Gasteiger partial charge < -0.3 is 4.57 Å². The van der Waals surface area contributed by atoms with Crippen LogP contribution >= 0.6 is 0 Å². The third-order valence-electron chi connectivity index (χ3n) is 14.6. The Balaban J connectivity index is 1.07. The van der Waals surface area contributed by atoms with Crippen molar-refractivity contribution < 1.29 is 0 Å². The molecule has 0 saturated heterocycles. The summed E-state index contributed by atoms with van der Waals surface area (Å²) in [6.45, 7) is 14.2. The molecule has 0 spiro atoms. The van der Waals surface area contributed by atoms with E-state index >= 15 is 0 Å². The van der Waals surface area contributed by atoms with Gasteiger partial charge in [0.15, 0.2) is 0 Å². The van der Waals surface area contributed by atoms with E-state index in [2.05, 4.69) is 246 Å². The molecule has 1 aromatic heterocycles. The first-order valence-corrected chi connectivity index (χ1v) is 23.8. The van der Waals surface area contributed by atoms with E-state index < -0.39 is 0 Å². The molecular formula is C66H51N. The summed E-state index contributed by atoms with van der Waals surface area (Å²) < 4.78 is 2.56. The van der Waals surface area contributed by atoms with Crippen LogP contribution in [0, 0.1) is 0 Å². The molecule has 0 fully saturated rings. The Morgan fingerprint density at radius 1 is 0.299 bits per heavy atom. The largest absolute Gasteiger partial charge is 0.308 e. The van der Waals surface area contributed by atoms with E-state index in [4.69, 9.17) is 0 Å². The Morgan fingerprint density at radius 2 is 0.806 bits per heavy atom. The fourth-order valence-electron chi connectivity index (χ4n) is 11.9. The maximum atomic E-state index is 2.56. The van der Waals surface area contributed by atoms with Gasteiger partial charge in [0, 0.05) is 16.3 Å². The van der Waals surface area contributed by atoms with Gasteiger partial charge in [-0.3, -0.25) is 0 Å². The van der Waals surface area contributed by atoms with Crippen molar-refractivity contribution in [2.75, 3.05) is 0 Å². The first kappa shape index (κ1) is 39.6. The van der Waals surface area contributed by atoms with Crippen molar-refractivity contribution in [2.24, 2.45) is 0 Å². The van der Waals surface area contributed by atoms with Crippen molar-refractivity contribution >= 4 is 86.3 Å². The zero-order chi connectivity index (χ0) is 45.3. The minimum absolute atomic E-state index is 0.0175. The summed E-state index contributed by atoms with van der Waals surface area (Å²) in [6.07, 6.45) is 0. The van der Waals surface area contributed by atoms with Crippen LogP contribution in [-0.2, 0) is 10.8 Å². The number of rotatable bonds is 4. The van der Waals surface area contributed by atoms with E-state index in [1.165, 1.54) is 137 Å². The summed E-state index contributed by atoms with van der Waals surface area (Å²) >= 11 is 0. The molecule has 1 heteroatoms. The summed E-state index contributed by atoms with van der Waals surface area (Å²) in [5, 5.41) is 19.4. The monoisotopic (exact) mass is 857 g/mol. The van der Waals surface area contributed by atoms with Gasteiger partial charge >= 0.3 is 0 Å². The van der Waals surface area contributed by atoms with Gasteiger partial charge in [0.2, 0.25) is 0 Å². The number of benzene rings is 12. The second-order valence-electron chi connectivity index (χ2n) is 20.9. The molecule has 13 aromatic rings. The summed E-state index contributed by atoms with van der Waals surface area (Å²) in [5.74, 6) is 0. The van der Waals surface area contributed by atoms with Gasteiger partial charge in [-0.25, -0.2) is 0 Å². The standard InChI is InChI=1S/C66H51N/c1-65(2,3)62-50-22-13-14-23-51(50)63(66(4,5)6)55-37-46(30-33-52(55)62)45-29-32-49-47(36-45)26-27-48-38-58-56(39-54(48)49)61(40-16-9-7-10-17-40)64(44-18-11-8-12-19-44)67(58)57-35-31-43-25-24-41-20-15-21-42-28-34-53(57)60(43)59(41)42/h7-39H,1-6H3. The topological polar surface area (TPSA) is 4.93 Å². The number of hydrogen-bond donors (Lipinski definition) is 0. The van der Waals surface area contributed by atoms with Crippen LogP contribution in [0.15, 0.2) is 200 Å². The molecule has 0 aliphatic heterocycles. The molecular weight excluding hydrogens is 807 g/mol. The van der Waals surface area contributed by atoms with Crippen LogP contribution < -0.4 is 0 Å². The van der Waals surface area contributed by atoms with Crippen LogP contribution in [0.4, 0.5) is 0 Å². The first-order chi connectivity index (χ1) is 32.5. The second kappa shape index (κ2) is 14.4. The summed E-state index contributed by atoms with van der Waals surface area (Å²) in [4.78, 5) is 0. The maximum Gasteiger partial charge on any atom is 0.0619 e. The Bertz CT molecular complexity index is 4120. The van der Waals surface area contributed by atoms with Crippen LogP contribution in [0.3, 0.4) is 0 Å². The Hall–Kier alpha value is -7.74. The van der Waals surface area contributed by atoms with Crippen LogP contribution in [0.5, 0.6) is 0 Å². The third kappa shape index (κ3) is 6.00. The normalized spacial score (nSPS) is 12.6. The molecule has 0 unspecified atom stereocenters. The lowest BCUT2D eigenvalue weighted by Crippen LogP contribution is -2.17. The zero-order valence-electron chi connectivity index (χ0n) is 39.0. The minimum Gasteiger partial charge on any atom is -0.308 e. The van der Waals surface area contributed by atoms with E-state index in [1.807, 2.05) is 0 Å². The maximum absolute atomic E-state index is 2.56. The third-order valence-corrected chi connectivity index (χ3v) is 14.6. The molecule has 0 atom stereocenters. The molecule has 320 valence electrons. The lowest BCUT2D eigenvalue weighted by molar-refractivity contribution is 0.593. The average Bonchev–Trinajstić information content (AvgIpc) is 3.67. The van der Waals surface area contributed by atoms with Gasteiger partial charge in [0.1, 0.15) is 0 Å². The van der Waals surface area contributed by atoms with E-state index in [0.29, 0.717) is 0 Å². The molecule has 12 aromatic carbocycles. The smallest absolute Gasteiger partial charge is 0.0619 e. The SMILES string of the molecule is CC(C)(C)c1c2ccccc2c(C(C)(C)C)c2cc(-c3ccc4c(ccc5cc6c(cc54)c(-c4ccccc4)c(-c4ccccc4)n6-c4ccc5ccc6cccc7ccc4c5c67)c3)ccc12. The molecule has 0 aliphatic carbocycles. The summed E-state index contributed by atoms with van der Waals surface area (Å²) in [7, 11) is 0. The molecule has 1 nitrogen and oxygen atoms in total. The van der Waals surface area contributed by atoms with Crippen LogP contribution in [0.25, 0.3) is 126 Å². The number of fused-ring (bicyclic) bond motifs is 6. The number of nitrogens with zero attached hydrogens (tertiary/aromatic N) is 1. The zero-order valence-corrected chi connectivity index (χ0v) is 39.0. The highest BCUT2D eigenvalue weighted by molar-refractivity contribution is 6.25. The molecule has 1 heterocycles. The van der Waals surface area contributed by atoms with Gasteiger partial charge in [-0.1, -0.05) is 211 Å². The van der Waals surface area contributed by atoms with Crippen LogP contribution in [0.2, 0.25) is 0 Å². The Morgan fingerprint density at radius 3 is 1.48 bits per heavy atom. The van der Waals surface area contributed by atoms with Gasteiger partial charge in [-0.2, -0.15) is 0 Å². The first-order valence-electron chi connectivity index (χ1n) is 23.8. The molecule has 0 saturated carbocycles. The van der Waals surface area contributed by atoms with Gasteiger partial charge in [0.25, 0.3) is 0 Å². The molecule has 13 rings (SSSR count). The molecule has 0 amide bonds. The van der Waals surface area contributed by atoms with E-state index in [1.54, 1.807) is 0 Å². The molecule has 67 heavy (non-hydrogen) atoms. The Kier molecular flexibility index (Phi) is 8.50. The van der Waals surface area contributed by atoms with Crippen molar-refractivity contribution in [3.05, 3.63) is 211 Å². The fraction of sp³-hybridized carbons (Fsp3) is 0.121. The van der Waals surface area contributed by atoms with Gasteiger partial charge in [-0.05, 0) is 145 Å². The molecule has 0 N–H and O–H groups in total. The van der Waals surface area contributed by atoms with Gasteiger partial charge in [0.05, 0.1) is 16.9 Å². The quantitative estimate of drug-likeness (QED) is 0.123. The Labute approximate surface area is 391 Å². The lowest BCUT2D eigenvalue weighted by atomic mass is 9.73. The molecule has 0 aliphatic rings. The number of aromatic nitrogens is 1. The lowest BCUT2D eigenvalue weighted by Gasteiger charge is -2.30.